The van der Waals surface area contributed by atoms with Gasteiger partial charge in [-0.15, -0.1) is 0 Å². The van der Waals surface area contributed by atoms with E-state index in [9.17, 15) is 14.7 Å². The largest absolute Gasteiger partial charge is 0.478 e. The number of carboxylic acids is 1. The smallest absolute Gasteiger partial charge is 0.331 e. The number of fused-ring (bicyclic) bond motifs is 1. The molecule has 134 valence electrons. The van der Waals surface area contributed by atoms with Crippen LogP contribution in [0.15, 0.2) is 23.3 Å². The average Bonchev–Trinajstić information content (AvgIpc) is 2.50. The SMILES string of the molecule is C=C(C(=O)O)[C@H]1CC2=C(C)[C@H](OCC)CC[C@]2(C)[C@@H](OC(C)=O)C1. The molecule has 0 aliphatic heterocycles. The molecular formula is C19H28O5. The number of hydrogen-bond donors (Lipinski definition) is 1. The predicted octanol–water partition coefficient (Wildman–Crippen LogP) is 3.49. The number of esters is 1. The molecule has 2 rings (SSSR count). The zero-order valence-electron chi connectivity index (χ0n) is 15.1. The van der Waals surface area contributed by atoms with Crippen LogP contribution in [0.3, 0.4) is 0 Å². The number of rotatable bonds is 5. The van der Waals surface area contributed by atoms with E-state index in [0.29, 0.717) is 19.4 Å². The lowest BCUT2D eigenvalue weighted by Crippen LogP contribution is -2.47. The summed E-state index contributed by atoms with van der Waals surface area (Å²) < 4.78 is 11.5. The van der Waals surface area contributed by atoms with Crippen LogP contribution in [0.25, 0.3) is 0 Å². The minimum atomic E-state index is -0.986. The van der Waals surface area contributed by atoms with Crippen molar-refractivity contribution in [2.75, 3.05) is 6.61 Å². The van der Waals surface area contributed by atoms with Gasteiger partial charge in [0.25, 0.3) is 0 Å². The predicted molar refractivity (Wildman–Crippen MR) is 90.5 cm³/mol. The maximum absolute atomic E-state index is 11.6. The monoisotopic (exact) mass is 336 g/mol. The van der Waals surface area contributed by atoms with Crippen molar-refractivity contribution in [1.29, 1.82) is 0 Å². The fourth-order valence-corrected chi connectivity index (χ4v) is 4.27. The van der Waals surface area contributed by atoms with Crippen LogP contribution < -0.4 is 0 Å². The van der Waals surface area contributed by atoms with Crippen LogP contribution in [0.2, 0.25) is 0 Å². The fraction of sp³-hybridized carbons (Fsp3) is 0.684. The minimum Gasteiger partial charge on any atom is -0.478 e. The Morgan fingerprint density at radius 1 is 1.42 bits per heavy atom. The van der Waals surface area contributed by atoms with Crippen molar-refractivity contribution >= 4 is 11.9 Å². The first-order valence-corrected chi connectivity index (χ1v) is 8.61. The summed E-state index contributed by atoms with van der Waals surface area (Å²) in [4.78, 5) is 23.0. The van der Waals surface area contributed by atoms with E-state index in [4.69, 9.17) is 9.47 Å². The Hall–Kier alpha value is -1.62. The first kappa shape index (κ1) is 18.7. The van der Waals surface area contributed by atoms with Gasteiger partial charge in [-0.1, -0.05) is 19.1 Å². The minimum absolute atomic E-state index is 0.0629. The second-order valence-corrected chi connectivity index (χ2v) is 7.13. The highest BCUT2D eigenvalue weighted by molar-refractivity contribution is 5.86. The first-order valence-electron chi connectivity index (χ1n) is 8.61. The van der Waals surface area contributed by atoms with Gasteiger partial charge in [-0.3, -0.25) is 4.79 Å². The van der Waals surface area contributed by atoms with Crippen LogP contribution in [-0.2, 0) is 19.1 Å². The standard InChI is InChI=1S/C19H28O5/c1-6-23-16-7-8-19(5)15(12(16)3)9-14(11(2)18(21)22)10-17(19)24-13(4)20/h14,16-17H,2,6-10H2,1,3-5H3,(H,21,22)/t14-,16+,17-,19-/m0/s1. The molecule has 0 bridgehead atoms. The molecule has 5 nitrogen and oxygen atoms in total. The Morgan fingerprint density at radius 2 is 2.08 bits per heavy atom. The molecule has 2 aliphatic carbocycles. The van der Waals surface area contributed by atoms with E-state index in [1.165, 1.54) is 12.5 Å². The van der Waals surface area contributed by atoms with E-state index in [-0.39, 0.29) is 35.1 Å². The lowest BCUT2D eigenvalue weighted by Gasteiger charge is -2.50. The van der Waals surface area contributed by atoms with Crippen molar-refractivity contribution in [3.05, 3.63) is 23.3 Å². The van der Waals surface area contributed by atoms with Gasteiger partial charge < -0.3 is 14.6 Å². The fourth-order valence-electron chi connectivity index (χ4n) is 4.27. The summed E-state index contributed by atoms with van der Waals surface area (Å²) >= 11 is 0. The summed E-state index contributed by atoms with van der Waals surface area (Å²) in [5.74, 6) is -1.53. The van der Waals surface area contributed by atoms with Gasteiger partial charge in [0.05, 0.1) is 6.10 Å². The molecule has 0 amide bonds. The molecule has 24 heavy (non-hydrogen) atoms. The number of ether oxygens (including phenoxy) is 2. The molecule has 0 heterocycles. The summed E-state index contributed by atoms with van der Waals surface area (Å²) in [7, 11) is 0. The molecule has 0 aromatic carbocycles. The molecule has 0 radical (unpaired) electrons. The molecule has 4 atom stereocenters. The Morgan fingerprint density at radius 3 is 2.62 bits per heavy atom. The van der Waals surface area contributed by atoms with Crippen LogP contribution >= 0.6 is 0 Å². The molecule has 0 aromatic heterocycles. The summed E-state index contributed by atoms with van der Waals surface area (Å²) in [5.41, 5.74) is 2.27. The Balaban J connectivity index is 2.42. The number of aliphatic carboxylic acids is 1. The van der Waals surface area contributed by atoms with Crippen molar-refractivity contribution in [1.82, 2.24) is 0 Å². The quantitative estimate of drug-likeness (QED) is 0.473. The van der Waals surface area contributed by atoms with Gasteiger partial charge in [0.2, 0.25) is 0 Å². The Kier molecular flexibility index (Phi) is 5.53. The molecule has 2 aliphatic rings. The highest BCUT2D eigenvalue weighted by atomic mass is 16.5. The number of carbonyl (C=O) groups is 2. The third kappa shape index (κ3) is 3.41. The second-order valence-electron chi connectivity index (χ2n) is 7.13. The van der Waals surface area contributed by atoms with E-state index >= 15 is 0 Å². The van der Waals surface area contributed by atoms with Gasteiger partial charge in [-0.25, -0.2) is 4.79 Å². The Labute approximate surface area is 143 Å². The molecule has 0 aromatic rings. The molecule has 5 heteroatoms. The van der Waals surface area contributed by atoms with E-state index in [1.54, 1.807) is 0 Å². The molecule has 0 unspecified atom stereocenters. The highest BCUT2D eigenvalue weighted by Crippen LogP contribution is 2.53. The highest BCUT2D eigenvalue weighted by Gasteiger charge is 2.49. The molecular weight excluding hydrogens is 308 g/mol. The van der Waals surface area contributed by atoms with Crippen molar-refractivity contribution in [3.63, 3.8) is 0 Å². The zero-order valence-corrected chi connectivity index (χ0v) is 15.1. The van der Waals surface area contributed by atoms with Crippen LogP contribution in [0, 0.1) is 11.3 Å². The van der Waals surface area contributed by atoms with E-state index in [0.717, 1.165) is 18.4 Å². The third-order valence-corrected chi connectivity index (χ3v) is 5.68. The lowest BCUT2D eigenvalue weighted by molar-refractivity contribution is -0.155. The van der Waals surface area contributed by atoms with Crippen molar-refractivity contribution in [2.45, 2.75) is 65.6 Å². The number of hydrogen-bond acceptors (Lipinski definition) is 4. The van der Waals surface area contributed by atoms with E-state index in [2.05, 4.69) is 20.4 Å². The summed E-state index contributed by atoms with van der Waals surface area (Å²) in [5, 5.41) is 9.32. The molecule has 0 saturated heterocycles. The number of carbonyl (C=O) groups excluding carboxylic acids is 1. The van der Waals surface area contributed by atoms with Crippen molar-refractivity contribution < 1.29 is 24.2 Å². The van der Waals surface area contributed by atoms with Crippen LogP contribution in [-0.4, -0.2) is 35.9 Å². The van der Waals surface area contributed by atoms with Gasteiger partial charge in [-0.05, 0) is 51.0 Å². The van der Waals surface area contributed by atoms with Gasteiger partial charge in [-0.2, -0.15) is 0 Å². The molecule has 1 saturated carbocycles. The van der Waals surface area contributed by atoms with Gasteiger partial charge in [0.1, 0.15) is 6.10 Å². The Bertz CT molecular complexity index is 576. The van der Waals surface area contributed by atoms with Gasteiger partial charge in [0.15, 0.2) is 0 Å². The average molecular weight is 336 g/mol. The van der Waals surface area contributed by atoms with Crippen molar-refractivity contribution in [3.8, 4) is 0 Å². The summed E-state index contributed by atoms with van der Waals surface area (Å²) in [6.45, 7) is 11.9. The van der Waals surface area contributed by atoms with Crippen LogP contribution in [0.5, 0.6) is 0 Å². The van der Waals surface area contributed by atoms with Crippen LogP contribution in [0.4, 0.5) is 0 Å². The summed E-state index contributed by atoms with van der Waals surface area (Å²) in [6.07, 6.45) is 2.66. The summed E-state index contributed by atoms with van der Waals surface area (Å²) in [6, 6.07) is 0. The topological polar surface area (TPSA) is 72.8 Å². The molecule has 1 N–H and O–H groups in total. The third-order valence-electron chi connectivity index (χ3n) is 5.68. The van der Waals surface area contributed by atoms with E-state index < -0.39 is 5.97 Å². The normalized spacial score (nSPS) is 32.9. The van der Waals surface area contributed by atoms with Crippen molar-refractivity contribution in [2.24, 2.45) is 11.3 Å². The van der Waals surface area contributed by atoms with Gasteiger partial charge >= 0.3 is 11.9 Å². The molecule has 0 spiro atoms. The maximum Gasteiger partial charge on any atom is 0.331 e. The molecule has 1 fully saturated rings. The van der Waals surface area contributed by atoms with E-state index in [1.807, 2.05) is 6.92 Å². The lowest BCUT2D eigenvalue weighted by atomic mass is 9.58. The maximum atomic E-state index is 11.6. The zero-order chi connectivity index (χ0) is 18.1. The van der Waals surface area contributed by atoms with Crippen LogP contribution in [0.1, 0.15) is 53.4 Å². The number of carboxylic acid groups (broad SMARTS) is 1. The first-order chi connectivity index (χ1) is 11.2. The van der Waals surface area contributed by atoms with Gasteiger partial charge in [0, 0.05) is 24.5 Å². The second kappa shape index (κ2) is 7.09.